The molecule has 5 nitrogen and oxygen atoms in total. The van der Waals surface area contributed by atoms with Crippen LogP contribution in [0.15, 0.2) is 30.5 Å². The number of aromatic amines is 1. The summed E-state index contributed by atoms with van der Waals surface area (Å²) < 4.78 is 0. The summed E-state index contributed by atoms with van der Waals surface area (Å²) in [5.41, 5.74) is 4.71. The Labute approximate surface area is 152 Å². The first-order valence-corrected chi connectivity index (χ1v) is 9.52. The van der Waals surface area contributed by atoms with Gasteiger partial charge in [-0.25, -0.2) is 0 Å². The molecule has 1 aromatic carbocycles. The molecular formula is C21H22N4O. The van der Waals surface area contributed by atoms with E-state index in [0.717, 1.165) is 43.4 Å². The second-order valence-corrected chi connectivity index (χ2v) is 7.63. The van der Waals surface area contributed by atoms with Gasteiger partial charge in [-0.15, -0.1) is 0 Å². The Balaban J connectivity index is 1.58. The monoisotopic (exact) mass is 346 g/mol. The van der Waals surface area contributed by atoms with Crippen molar-refractivity contribution in [1.82, 2.24) is 14.8 Å². The number of likely N-dealkylation sites (tertiary alicyclic amines) is 1. The lowest BCUT2D eigenvalue weighted by Gasteiger charge is -2.40. The highest BCUT2D eigenvalue weighted by Gasteiger charge is 2.38. The molecule has 1 fully saturated rings. The van der Waals surface area contributed by atoms with E-state index in [1.54, 1.807) is 0 Å². The lowest BCUT2D eigenvalue weighted by molar-refractivity contribution is -0.135. The third-order valence-electron chi connectivity index (χ3n) is 6.13. The molecule has 3 heterocycles. The number of rotatable bonds is 1. The summed E-state index contributed by atoms with van der Waals surface area (Å²) in [5.74, 6) is -0.0438. The van der Waals surface area contributed by atoms with E-state index in [2.05, 4.69) is 35.6 Å². The van der Waals surface area contributed by atoms with E-state index in [1.165, 1.54) is 22.9 Å². The summed E-state index contributed by atoms with van der Waals surface area (Å²) >= 11 is 0. The molecular weight excluding hydrogens is 324 g/mol. The number of fused-ring (bicyclic) bond motifs is 2. The number of piperidine rings is 1. The molecule has 2 aromatic rings. The number of H-pyrrole nitrogens is 1. The molecule has 0 saturated carbocycles. The van der Waals surface area contributed by atoms with Gasteiger partial charge in [0.15, 0.2) is 6.19 Å². The average Bonchev–Trinajstić information content (AvgIpc) is 3.12. The summed E-state index contributed by atoms with van der Waals surface area (Å²) in [6.45, 7) is 2.20. The van der Waals surface area contributed by atoms with E-state index in [4.69, 9.17) is 0 Å². The number of hydrogen-bond acceptors (Lipinski definition) is 3. The van der Waals surface area contributed by atoms with Crippen LogP contribution in [0.2, 0.25) is 0 Å². The van der Waals surface area contributed by atoms with E-state index in [1.807, 2.05) is 15.9 Å². The second kappa shape index (κ2) is 5.91. The molecule has 1 aliphatic carbocycles. The van der Waals surface area contributed by atoms with Crippen molar-refractivity contribution in [2.24, 2.45) is 5.92 Å². The Morgan fingerprint density at radius 1 is 1.23 bits per heavy atom. The van der Waals surface area contributed by atoms with Crippen LogP contribution in [0.3, 0.4) is 0 Å². The van der Waals surface area contributed by atoms with E-state index in [-0.39, 0.29) is 17.9 Å². The largest absolute Gasteiger partial charge is 0.361 e. The zero-order chi connectivity index (χ0) is 17.7. The van der Waals surface area contributed by atoms with Gasteiger partial charge in [-0.1, -0.05) is 18.2 Å². The predicted octanol–water partition coefficient (Wildman–Crippen LogP) is 2.90. The second-order valence-electron chi connectivity index (χ2n) is 7.63. The van der Waals surface area contributed by atoms with Crippen LogP contribution < -0.4 is 0 Å². The molecule has 26 heavy (non-hydrogen) atoms. The molecule has 3 aliphatic rings. The van der Waals surface area contributed by atoms with Gasteiger partial charge in [-0.05, 0) is 48.4 Å². The van der Waals surface area contributed by atoms with Crippen molar-refractivity contribution in [2.75, 3.05) is 19.6 Å². The quantitative estimate of drug-likeness (QED) is 0.808. The highest BCUT2D eigenvalue weighted by Crippen LogP contribution is 2.41. The van der Waals surface area contributed by atoms with Crippen molar-refractivity contribution in [1.29, 1.82) is 5.26 Å². The fourth-order valence-corrected chi connectivity index (χ4v) is 4.85. The van der Waals surface area contributed by atoms with Crippen LogP contribution in [-0.2, 0) is 11.2 Å². The van der Waals surface area contributed by atoms with Crippen molar-refractivity contribution < 1.29 is 4.79 Å². The summed E-state index contributed by atoms with van der Waals surface area (Å²) in [6, 6.07) is 6.30. The topological polar surface area (TPSA) is 63.1 Å². The lowest BCUT2D eigenvalue weighted by atomic mass is 9.79. The molecule has 0 unspecified atom stereocenters. The van der Waals surface area contributed by atoms with Crippen LogP contribution in [0.25, 0.3) is 16.5 Å². The van der Waals surface area contributed by atoms with Gasteiger partial charge < -0.3 is 14.8 Å². The molecule has 1 N–H and O–H groups in total. The normalized spacial score (nSPS) is 24.8. The summed E-state index contributed by atoms with van der Waals surface area (Å²) in [4.78, 5) is 20.2. The number of benzene rings is 1. The number of amides is 1. The first-order valence-electron chi connectivity index (χ1n) is 9.52. The maximum Gasteiger partial charge on any atom is 0.231 e. The number of carbonyl (C=O) groups excluding carboxylic acids is 1. The van der Waals surface area contributed by atoms with Crippen molar-refractivity contribution >= 4 is 22.4 Å². The number of aromatic nitrogens is 1. The fraction of sp³-hybridized carbons (Fsp3) is 0.429. The van der Waals surface area contributed by atoms with Crippen LogP contribution in [0, 0.1) is 17.4 Å². The molecule has 2 aliphatic heterocycles. The Morgan fingerprint density at radius 2 is 2.08 bits per heavy atom. The smallest absolute Gasteiger partial charge is 0.231 e. The third kappa shape index (κ3) is 2.25. The predicted molar refractivity (Wildman–Crippen MR) is 100 cm³/mol. The van der Waals surface area contributed by atoms with Crippen LogP contribution in [-0.4, -0.2) is 46.4 Å². The Bertz CT molecular complexity index is 945. The van der Waals surface area contributed by atoms with Gasteiger partial charge in [-0.3, -0.25) is 4.79 Å². The highest BCUT2D eigenvalue weighted by molar-refractivity contribution is 5.99. The SMILES string of the molecule is N#CN1C[C@H](C(=O)N2CCCCC2)C=C2c3cccc4[nH]cc(c34)C[C@@H]21. The number of carbonyl (C=O) groups is 1. The van der Waals surface area contributed by atoms with Gasteiger partial charge in [0.05, 0.1) is 12.0 Å². The minimum Gasteiger partial charge on any atom is -0.361 e. The molecule has 0 bridgehead atoms. The van der Waals surface area contributed by atoms with Crippen molar-refractivity contribution in [3.05, 3.63) is 41.6 Å². The minimum absolute atomic E-state index is 0.0410. The summed E-state index contributed by atoms with van der Waals surface area (Å²) in [6.07, 6.45) is 10.8. The Kier molecular flexibility index (Phi) is 3.53. The van der Waals surface area contributed by atoms with Gasteiger partial charge in [0.1, 0.15) is 0 Å². The van der Waals surface area contributed by atoms with Crippen LogP contribution >= 0.6 is 0 Å². The van der Waals surface area contributed by atoms with Crippen LogP contribution in [0.1, 0.15) is 30.4 Å². The summed E-state index contributed by atoms with van der Waals surface area (Å²) in [5, 5.41) is 11.0. The molecule has 132 valence electrons. The number of nitriles is 1. The van der Waals surface area contributed by atoms with Crippen molar-refractivity contribution in [2.45, 2.75) is 31.7 Å². The molecule has 5 heteroatoms. The molecule has 1 saturated heterocycles. The molecule has 1 aromatic heterocycles. The molecule has 2 atom stereocenters. The number of hydrogen-bond donors (Lipinski definition) is 1. The van der Waals surface area contributed by atoms with Crippen LogP contribution in [0.5, 0.6) is 0 Å². The standard InChI is InChI=1S/C21H22N4O/c22-13-25-12-15(21(26)24-7-2-1-3-8-24)9-17-16-5-4-6-18-20(16)14(11-23-18)10-19(17)25/h4-6,9,11,15,19,23H,1-3,7-8,10,12H2/t15-,19+/m1/s1. The van der Waals surface area contributed by atoms with Gasteiger partial charge in [0, 0.05) is 36.7 Å². The van der Waals surface area contributed by atoms with Gasteiger partial charge in [0.25, 0.3) is 0 Å². The van der Waals surface area contributed by atoms with Gasteiger partial charge >= 0.3 is 0 Å². The Morgan fingerprint density at radius 3 is 2.88 bits per heavy atom. The Hall–Kier alpha value is -2.74. The lowest BCUT2D eigenvalue weighted by Crippen LogP contribution is -2.48. The van der Waals surface area contributed by atoms with Crippen molar-refractivity contribution in [3.63, 3.8) is 0 Å². The first kappa shape index (κ1) is 15.5. The molecule has 0 spiro atoms. The summed E-state index contributed by atoms with van der Waals surface area (Å²) in [7, 11) is 0. The zero-order valence-corrected chi connectivity index (χ0v) is 14.7. The third-order valence-corrected chi connectivity index (χ3v) is 6.13. The molecule has 1 amide bonds. The number of nitrogens with one attached hydrogen (secondary N) is 1. The fourth-order valence-electron chi connectivity index (χ4n) is 4.85. The van der Waals surface area contributed by atoms with E-state index in [9.17, 15) is 10.1 Å². The van der Waals surface area contributed by atoms with E-state index in [0.29, 0.717) is 6.54 Å². The average molecular weight is 346 g/mol. The van der Waals surface area contributed by atoms with Crippen molar-refractivity contribution in [3.8, 4) is 6.19 Å². The van der Waals surface area contributed by atoms with Gasteiger partial charge in [-0.2, -0.15) is 5.26 Å². The van der Waals surface area contributed by atoms with E-state index < -0.39 is 0 Å². The molecule has 5 rings (SSSR count). The maximum atomic E-state index is 13.1. The maximum absolute atomic E-state index is 13.1. The van der Waals surface area contributed by atoms with Crippen LogP contribution in [0.4, 0.5) is 0 Å². The van der Waals surface area contributed by atoms with E-state index >= 15 is 0 Å². The molecule has 0 radical (unpaired) electrons. The van der Waals surface area contributed by atoms with Gasteiger partial charge in [0.2, 0.25) is 5.91 Å². The number of nitrogens with zero attached hydrogens (tertiary/aromatic N) is 3. The highest BCUT2D eigenvalue weighted by atomic mass is 16.2. The first-order chi connectivity index (χ1) is 12.8. The minimum atomic E-state index is -0.227. The zero-order valence-electron chi connectivity index (χ0n) is 14.7.